The van der Waals surface area contributed by atoms with Gasteiger partial charge < -0.3 is 16.2 Å². The van der Waals surface area contributed by atoms with Gasteiger partial charge in [-0.15, -0.1) is 0 Å². The summed E-state index contributed by atoms with van der Waals surface area (Å²) in [5.41, 5.74) is 11.1. The molecule has 0 aromatic heterocycles. The van der Waals surface area contributed by atoms with Crippen LogP contribution in [0.2, 0.25) is 0 Å². The number of nitrogens with zero attached hydrogens (tertiary/aromatic N) is 4. The fourth-order valence-electron chi connectivity index (χ4n) is 3.54. The second kappa shape index (κ2) is 7.33. The van der Waals surface area contributed by atoms with Gasteiger partial charge in [0.05, 0.1) is 16.7 Å². The van der Waals surface area contributed by atoms with E-state index in [1.54, 1.807) is 4.90 Å². The minimum atomic E-state index is -2.71. The van der Waals surface area contributed by atoms with E-state index in [2.05, 4.69) is 9.98 Å². The summed E-state index contributed by atoms with van der Waals surface area (Å²) in [5.74, 6) is 0.0377. The smallest absolute Gasteiger partial charge is 0.275 e. The number of nitrogens with two attached hydrogens (primary N) is 2. The zero-order chi connectivity index (χ0) is 19.6. The Hall–Kier alpha value is -2.98. The summed E-state index contributed by atoms with van der Waals surface area (Å²) in [7, 11) is 0. The highest BCUT2D eigenvalue weighted by atomic mass is 19.3. The lowest BCUT2D eigenvalue weighted by Gasteiger charge is -2.45. The van der Waals surface area contributed by atoms with Crippen LogP contribution in [0.5, 0.6) is 5.75 Å². The van der Waals surface area contributed by atoms with Crippen molar-refractivity contribution in [2.75, 3.05) is 11.5 Å². The number of hydrogen-bond acceptors (Lipinski definition) is 8. The highest BCUT2D eigenvalue weighted by Gasteiger charge is 2.43. The molecule has 1 aliphatic heterocycles. The summed E-state index contributed by atoms with van der Waals surface area (Å²) in [4.78, 5) is 20.7. The Balaban J connectivity index is 2.06. The number of nitro groups is 1. The number of alkyl halides is 2. The van der Waals surface area contributed by atoms with Gasteiger partial charge in [0.25, 0.3) is 12.1 Å². The third-order valence-corrected chi connectivity index (χ3v) is 4.57. The topological polar surface area (TPSA) is 132 Å². The number of nitro benzene ring substituents is 1. The van der Waals surface area contributed by atoms with E-state index in [0.717, 1.165) is 25.3 Å². The summed E-state index contributed by atoms with van der Waals surface area (Å²) in [6.45, 7) is -0.875. The summed E-state index contributed by atoms with van der Waals surface area (Å²) >= 11 is 0. The van der Waals surface area contributed by atoms with Gasteiger partial charge in [-0.1, -0.05) is 6.42 Å². The highest BCUT2D eigenvalue weighted by Crippen LogP contribution is 2.41. The number of aliphatic imine (C=N–C) groups is 2. The van der Waals surface area contributed by atoms with Crippen molar-refractivity contribution < 1.29 is 18.4 Å². The molecule has 146 valence electrons. The lowest BCUT2D eigenvalue weighted by atomic mass is 9.87. The van der Waals surface area contributed by atoms with E-state index in [9.17, 15) is 18.9 Å². The fourth-order valence-corrected chi connectivity index (χ4v) is 3.54. The molecule has 3 rings (SSSR count). The highest BCUT2D eigenvalue weighted by molar-refractivity contribution is 6.05. The molecule has 1 aliphatic carbocycles. The Labute approximate surface area is 153 Å². The predicted octanol–water partition coefficient (Wildman–Crippen LogP) is 2.35. The molecule has 2 aliphatic rings. The summed E-state index contributed by atoms with van der Waals surface area (Å²) < 4.78 is 30.0. The molecule has 0 radical (unpaired) electrons. The molecule has 0 saturated heterocycles. The van der Waals surface area contributed by atoms with Crippen molar-refractivity contribution in [1.29, 1.82) is 0 Å². The largest absolute Gasteiger partial charge is 0.487 e. The Morgan fingerprint density at radius 1 is 1.26 bits per heavy atom. The lowest BCUT2D eigenvalue weighted by molar-refractivity contribution is -0.384. The minimum Gasteiger partial charge on any atom is -0.487 e. The molecule has 0 atom stereocenters. The number of hydrogen-bond donors (Lipinski definition) is 2. The van der Waals surface area contributed by atoms with Gasteiger partial charge >= 0.3 is 0 Å². The molecule has 0 amide bonds. The minimum absolute atomic E-state index is 0.0460. The normalized spacial score (nSPS) is 19.0. The first-order valence-electron chi connectivity index (χ1n) is 8.51. The van der Waals surface area contributed by atoms with Crippen LogP contribution in [0.4, 0.5) is 20.2 Å². The molecule has 0 unspecified atom stereocenters. The number of guanidine groups is 2. The monoisotopic (exact) mass is 382 g/mol. The molecule has 1 saturated carbocycles. The van der Waals surface area contributed by atoms with Gasteiger partial charge in [-0.3, -0.25) is 15.0 Å². The molecule has 1 fully saturated rings. The van der Waals surface area contributed by atoms with Crippen LogP contribution >= 0.6 is 0 Å². The van der Waals surface area contributed by atoms with E-state index in [1.165, 1.54) is 12.1 Å². The number of rotatable bonds is 5. The van der Waals surface area contributed by atoms with E-state index in [1.807, 2.05) is 0 Å². The lowest BCUT2D eigenvalue weighted by Crippen LogP contribution is -2.58. The van der Waals surface area contributed by atoms with Gasteiger partial charge in [-0.2, -0.15) is 4.99 Å². The summed E-state index contributed by atoms with van der Waals surface area (Å²) in [5, 5.41) is 11.3. The zero-order valence-electron chi connectivity index (χ0n) is 14.5. The van der Waals surface area contributed by atoms with E-state index >= 15 is 0 Å². The predicted molar refractivity (Wildman–Crippen MR) is 96.1 cm³/mol. The average Bonchev–Trinajstić information content (AvgIpc) is 2.59. The molecule has 0 bridgehead atoms. The first kappa shape index (κ1) is 18.8. The van der Waals surface area contributed by atoms with Crippen LogP contribution in [0.3, 0.4) is 0 Å². The number of non-ortho nitro benzene ring substituents is 1. The maximum atomic E-state index is 12.5. The average molecular weight is 382 g/mol. The van der Waals surface area contributed by atoms with Crippen molar-refractivity contribution in [2.45, 2.75) is 44.2 Å². The van der Waals surface area contributed by atoms with Crippen molar-refractivity contribution in [3.05, 3.63) is 28.3 Å². The standard InChI is InChI=1S/C16H20F2N6O3/c17-13(18)9-27-12-7-10(6-11(8-12)24(25)26)23-15(20)21-14(19)22-16(23)4-2-1-3-5-16/h6-8,13H,1-5,9H2,(H4,19,20,21,22). The SMILES string of the molecule is NC1=NC2(CCCCC2)N(c2cc(OCC(F)F)cc([N+](=O)[O-])c2)C(N)=N1. The van der Waals surface area contributed by atoms with Gasteiger partial charge in [-0.05, 0) is 25.7 Å². The van der Waals surface area contributed by atoms with Crippen molar-refractivity contribution in [3.63, 3.8) is 0 Å². The van der Waals surface area contributed by atoms with Crippen molar-refractivity contribution in [2.24, 2.45) is 21.5 Å². The molecule has 1 heterocycles. The van der Waals surface area contributed by atoms with Crippen LogP contribution in [0.15, 0.2) is 28.2 Å². The first-order valence-corrected chi connectivity index (χ1v) is 8.51. The van der Waals surface area contributed by atoms with E-state index < -0.39 is 23.6 Å². The Bertz CT molecular complexity index is 792. The van der Waals surface area contributed by atoms with Gasteiger partial charge in [0.15, 0.2) is 0 Å². The molecule has 9 nitrogen and oxygen atoms in total. The maximum absolute atomic E-state index is 12.5. The molecule has 4 N–H and O–H groups in total. The Morgan fingerprint density at radius 2 is 1.96 bits per heavy atom. The van der Waals surface area contributed by atoms with Crippen molar-refractivity contribution >= 4 is 23.3 Å². The molecule has 27 heavy (non-hydrogen) atoms. The van der Waals surface area contributed by atoms with Crippen LogP contribution in [-0.2, 0) is 0 Å². The Kier molecular flexibility index (Phi) is 5.10. The van der Waals surface area contributed by atoms with Crippen LogP contribution in [-0.4, -0.2) is 35.5 Å². The summed E-state index contributed by atoms with van der Waals surface area (Å²) in [6.07, 6.45) is 1.36. The van der Waals surface area contributed by atoms with Crippen molar-refractivity contribution in [1.82, 2.24) is 0 Å². The molecule has 1 spiro atoms. The van der Waals surface area contributed by atoms with Gasteiger partial charge in [0, 0.05) is 12.1 Å². The molecule has 1 aromatic rings. The molecule has 1 aromatic carbocycles. The summed E-state index contributed by atoms with van der Waals surface area (Å²) in [6, 6.07) is 3.81. The van der Waals surface area contributed by atoms with E-state index in [0.29, 0.717) is 18.5 Å². The van der Waals surface area contributed by atoms with Crippen LogP contribution < -0.4 is 21.1 Å². The maximum Gasteiger partial charge on any atom is 0.275 e. The zero-order valence-corrected chi connectivity index (χ0v) is 14.5. The number of benzene rings is 1. The third-order valence-electron chi connectivity index (χ3n) is 4.57. The quantitative estimate of drug-likeness (QED) is 0.593. The van der Waals surface area contributed by atoms with Crippen molar-refractivity contribution in [3.8, 4) is 5.75 Å². The van der Waals surface area contributed by atoms with Crippen LogP contribution in [0.25, 0.3) is 0 Å². The molecular formula is C16H20F2N6O3. The third kappa shape index (κ3) is 3.91. The van der Waals surface area contributed by atoms with Gasteiger partial charge in [0.2, 0.25) is 11.9 Å². The second-order valence-electron chi connectivity index (χ2n) is 6.46. The van der Waals surface area contributed by atoms with Gasteiger partial charge in [0.1, 0.15) is 18.0 Å². The van der Waals surface area contributed by atoms with E-state index in [-0.39, 0.29) is 23.4 Å². The second-order valence-corrected chi connectivity index (χ2v) is 6.46. The Morgan fingerprint density at radius 3 is 2.59 bits per heavy atom. The fraction of sp³-hybridized carbons (Fsp3) is 0.500. The molecular weight excluding hydrogens is 362 g/mol. The van der Waals surface area contributed by atoms with Crippen LogP contribution in [0, 0.1) is 10.1 Å². The molecule has 11 heteroatoms. The van der Waals surface area contributed by atoms with Gasteiger partial charge in [-0.25, -0.2) is 13.8 Å². The number of ether oxygens (including phenoxy) is 1. The van der Waals surface area contributed by atoms with E-state index in [4.69, 9.17) is 16.2 Å². The first-order chi connectivity index (χ1) is 12.8. The number of anilines is 1. The van der Waals surface area contributed by atoms with Crippen LogP contribution in [0.1, 0.15) is 32.1 Å². The number of halogens is 2.